The van der Waals surface area contributed by atoms with Gasteiger partial charge in [-0.25, -0.2) is 0 Å². The van der Waals surface area contributed by atoms with Crippen LogP contribution in [0.25, 0.3) is 10.9 Å². The summed E-state index contributed by atoms with van der Waals surface area (Å²) >= 11 is 0. The summed E-state index contributed by atoms with van der Waals surface area (Å²) in [7, 11) is 0. The molecule has 1 aromatic heterocycles. The van der Waals surface area contributed by atoms with E-state index >= 15 is 0 Å². The Kier molecular flexibility index (Phi) is 4.84. The molecule has 0 aliphatic heterocycles. The number of phenols is 1. The molecule has 1 heterocycles. The highest BCUT2D eigenvalue weighted by atomic mass is 16.3. The molecule has 5 heteroatoms. The van der Waals surface area contributed by atoms with Gasteiger partial charge in [-0.05, 0) is 24.6 Å². The molecule has 0 spiro atoms. The summed E-state index contributed by atoms with van der Waals surface area (Å²) in [5.74, 6) is -0.194. The summed E-state index contributed by atoms with van der Waals surface area (Å²) in [5, 5.41) is 10.5. The van der Waals surface area contributed by atoms with Gasteiger partial charge in [0.15, 0.2) is 0 Å². The number of carbonyl (C=O) groups excluding carboxylic acids is 1. The van der Waals surface area contributed by atoms with Gasteiger partial charge < -0.3 is 15.0 Å². The van der Waals surface area contributed by atoms with Crippen LogP contribution in [0.4, 0.5) is 0 Å². The molecule has 5 nitrogen and oxygen atoms in total. The highest BCUT2D eigenvalue weighted by Crippen LogP contribution is 2.19. The first-order valence-electron chi connectivity index (χ1n) is 8.28. The number of carbonyl (C=O) groups is 1. The number of aromatic nitrogens is 1. The molecule has 0 atom stereocenters. The van der Waals surface area contributed by atoms with E-state index in [0.717, 1.165) is 6.42 Å². The van der Waals surface area contributed by atoms with E-state index in [4.69, 9.17) is 0 Å². The second-order valence-electron chi connectivity index (χ2n) is 5.93. The predicted molar refractivity (Wildman–Crippen MR) is 97.7 cm³/mol. The van der Waals surface area contributed by atoms with Gasteiger partial charge in [-0.3, -0.25) is 9.59 Å². The van der Waals surface area contributed by atoms with Crippen LogP contribution in [0.2, 0.25) is 0 Å². The number of hydrogen-bond acceptors (Lipinski definition) is 3. The molecule has 0 saturated heterocycles. The summed E-state index contributed by atoms with van der Waals surface area (Å²) in [4.78, 5) is 30.2. The second kappa shape index (κ2) is 7.21. The van der Waals surface area contributed by atoms with E-state index in [1.54, 1.807) is 41.3 Å². The lowest BCUT2D eigenvalue weighted by molar-refractivity contribution is 0.0741. The van der Waals surface area contributed by atoms with E-state index in [9.17, 15) is 14.7 Å². The number of fused-ring (bicyclic) bond motifs is 1. The van der Waals surface area contributed by atoms with Crippen LogP contribution >= 0.6 is 0 Å². The first-order valence-corrected chi connectivity index (χ1v) is 8.28. The molecule has 2 N–H and O–H groups in total. The molecule has 3 rings (SSSR count). The van der Waals surface area contributed by atoms with Gasteiger partial charge in [-0.2, -0.15) is 0 Å². The number of amides is 1. The van der Waals surface area contributed by atoms with Crippen LogP contribution in [-0.4, -0.2) is 27.4 Å². The van der Waals surface area contributed by atoms with Crippen molar-refractivity contribution in [1.82, 2.24) is 9.88 Å². The lowest BCUT2D eigenvalue weighted by atomic mass is 10.1. The number of nitrogens with one attached hydrogen (secondary N) is 1. The lowest BCUT2D eigenvalue weighted by Gasteiger charge is -2.22. The van der Waals surface area contributed by atoms with Crippen LogP contribution < -0.4 is 5.43 Å². The minimum absolute atomic E-state index is 0.113. The Hall–Kier alpha value is -3.08. The SMILES string of the molecule is CCCN(Cc1ccccc1O)C(=O)c1c[nH]c2ccccc2c1=O. The Morgan fingerprint density at radius 3 is 2.60 bits per heavy atom. The summed E-state index contributed by atoms with van der Waals surface area (Å²) in [6, 6.07) is 14.0. The van der Waals surface area contributed by atoms with Crippen molar-refractivity contribution in [2.24, 2.45) is 0 Å². The number of pyridine rings is 1. The molecule has 0 bridgehead atoms. The molecular formula is C20H20N2O3. The second-order valence-corrected chi connectivity index (χ2v) is 5.93. The number of H-pyrrole nitrogens is 1. The lowest BCUT2D eigenvalue weighted by Crippen LogP contribution is -2.34. The summed E-state index contributed by atoms with van der Waals surface area (Å²) < 4.78 is 0. The molecular weight excluding hydrogens is 316 g/mol. The van der Waals surface area contributed by atoms with Crippen LogP contribution in [0.1, 0.15) is 29.3 Å². The van der Waals surface area contributed by atoms with Gasteiger partial charge in [0.2, 0.25) is 5.43 Å². The summed E-state index contributed by atoms with van der Waals surface area (Å²) in [5.41, 5.74) is 1.19. The third-order valence-electron chi connectivity index (χ3n) is 4.15. The van der Waals surface area contributed by atoms with Crippen molar-refractivity contribution >= 4 is 16.8 Å². The Labute approximate surface area is 145 Å². The van der Waals surface area contributed by atoms with E-state index < -0.39 is 0 Å². The van der Waals surface area contributed by atoms with Crippen molar-refractivity contribution in [2.45, 2.75) is 19.9 Å². The van der Waals surface area contributed by atoms with E-state index in [2.05, 4.69) is 4.98 Å². The van der Waals surface area contributed by atoms with Crippen molar-refractivity contribution in [3.8, 4) is 5.75 Å². The minimum atomic E-state index is -0.336. The van der Waals surface area contributed by atoms with Crippen LogP contribution in [-0.2, 0) is 6.54 Å². The van der Waals surface area contributed by atoms with Gasteiger partial charge in [-0.15, -0.1) is 0 Å². The average molecular weight is 336 g/mol. The number of aromatic hydroxyl groups is 1. The van der Waals surface area contributed by atoms with Gasteiger partial charge in [0.05, 0.1) is 0 Å². The number of para-hydroxylation sites is 2. The molecule has 25 heavy (non-hydrogen) atoms. The zero-order valence-electron chi connectivity index (χ0n) is 14.0. The molecule has 128 valence electrons. The van der Waals surface area contributed by atoms with E-state index in [0.29, 0.717) is 23.0 Å². The van der Waals surface area contributed by atoms with Crippen molar-refractivity contribution in [3.63, 3.8) is 0 Å². The number of nitrogens with zero attached hydrogens (tertiary/aromatic N) is 1. The molecule has 0 aliphatic rings. The quantitative estimate of drug-likeness (QED) is 0.751. The molecule has 1 amide bonds. The van der Waals surface area contributed by atoms with E-state index in [1.807, 2.05) is 19.1 Å². The maximum Gasteiger partial charge on any atom is 0.259 e. The standard InChI is InChI=1S/C20H20N2O3/c1-2-11-22(13-14-7-3-6-10-18(14)23)20(25)16-12-21-17-9-5-4-8-15(17)19(16)24/h3-10,12,23H,2,11,13H2,1H3,(H,21,24). The van der Waals surface area contributed by atoms with Crippen LogP contribution in [0, 0.1) is 0 Å². The van der Waals surface area contributed by atoms with E-state index in [1.165, 1.54) is 6.20 Å². The Morgan fingerprint density at radius 1 is 1.12 bits per heavy atom. The fraction of sp³-hybridized carbons (Fsp3) is 0.200. The minimum Gasteiger partial charge on any atom is -0.508 e. The Morgan fingerprint density at radius 2 is 1.84 bits per heavy atom. The van der Waals surface area contributed by atoms with Gasteiger partial charge >= 0.3 is 0 Å². The molecule has 2 aromatic carbocycles. The number of hydrogen-bond donors (Lipinski definition) is 2. The Balaban J connectivity index is 1.97. The van der Waals surface area contributed by atoms with Gasteiger partial charge in [0, 0.05) is 35.8 Å². The molecule has 0 saturated carbocycles. The topological polar surface area (TPSA) is 73.4 Å². The number of benzene rings is 2. The maximum atomic E-state index is 12.9. The van der Waals surface area contributed by atoms with Crippen LogP contribution in [0.3, 0.4) is 0 Å². The monoisotopic (exact) mass is 336 g/mol. The summed E-state index contributed by atoms with van der Waals surface area (Å²) in [6.07, 6.45) is 2.23. The average Bonchev–Trinajstić information content (AvgIpc) is 2.63. The first-order chi connectivity index (χ1) is 12.1. The number of phenolic OH excluding ortho intramolecular Hbond substituents is 1. The third kappa shape index (κ3) is 3.40. The predicted octanol–water partition coefficient (Wildman–Crippen LogP) is 3.29. The molecule has 0 radical (unpaired) electrons. The Bertz CT molecular complexity index is 962. The molecule has 0 unspecified atom stereocenters. The van der Waals surface area contributed by atoms with Crippen molar-refractivity contribution in [2.75, 3.05) is 6.54 Å². The first kappa shape index (κ1) is 16.8. The van der Waals surface area contributed by atoms with Gasteiger partial charge in [-0.1, -0.05) is 37.3 Å². The normalized spacial score (nSPS) is 10.8. The van der Waals surface area contributed by atoms with Gasteiger partial charge in [0.1, 0.15) is 11.3 Å². The number of rotatable bonds is 5. The zero-order valence-corrected chi connectivity index (χ0v) is 14.0. The largest absolute Gasteiger partial charge is 0.508 e. The summed E-state index contributed by atoms with van der Waals surface area (Å²) in [6.45, 7) is 2.72. The molecule has 0 fully saturated rings. The highest BCUT2D eigenvalue weighted by molar-refractivity contribution is 5.97. The van der Waals surface area contributed by atoms with Crippen LogP contribution in [0.15, 0.2) is 59.5 Å². The van der Waals surface area contributed by atoms with E-state index in [-0.39, 0.29) is 29.2 Å². The van der Waals surface area contributed by atoms with Crippen molar-refractivity contribution in [1.29, 1.82) is 0 Å². The fourth-order valence-corrected chi connectivity index (χ4v) is 2.87. The zero-order chi connectivity index (χ0) is 17.8. The molecule has 0 aliphatic carbocycles. The third-order valence-corrected chi connectivity index (χ3v) is 4.15. The highest BCUT2D eigenvalue weighted by Gasteiger charge is 2.20. The van der Waals surface area contributed by atoms with Crippen molar-refractivity contribution in [3.05, 3.63) is 76.1 Å². The molecule has 3 aromatic rings. The van der Waals surface area contributed by atoms with Crippen LogP contribution in [0.5, 0.6) is 5.75 Å². The smallest absolute Gasteiger partial charge is 0.259 e. The maximum absolute atomic E-state index is 12.9. The number of aromatic amines is 1. The fourth-order valence-electron chi connectivity index (χ4n) is 2.87. The van der Waals surface area contributed by atoms with Gasteiger partial charge in [0.25, 0.3) is 5.91 Å². The van der Waals surface area contributed by atoms with Crippen molar-refractivity contribution < 1.29 is 9.90 Å².